The van der Waals surface area contributed by atoms with Crippen LogP contribution in [0.5, 0.6) is 0 Å². The molecule has 0 radical (unpaired) electrons. The Bertz CT molecular complexity index is 1840. The summed E-state index contributed by atoms with van der Waals surface area (Å²) in [4.78, 5) is 35.2. The highest BCUT2D eigenvalue weighted by Gasteiger charge is 2.52. The van der Waals surface area contributed by atoms with Crippen LogP contribution in [0.4, 0.5) is 16.0 Å². The van der Waals surface area contributed by atoms with E-state index in [9.17, 15) is 14.6 Å². The summed E-state index contributed by atoms with van der Waals surface area (Å²) in [6.07, 6.45) is -6.86. The van der Waals surface area contributed by atoms with Gasteiger partial charge in [-0.25, -0.2) is 34.3 Å². The van der Waals surface area contributed by atoms with E-state index in [1.165, 1.54) is 34.4 Å². The van der Waals surface area contributed by atoms with E-state index in [2.05, 4.69) is 29.9 Å². The molecule has 3 fully saturated rings. The fourth-order valence-corrected chi connectivity index (χ4v) is 8.01. The topological polar surface area (TPSA) is 252 Å². The van der Waals surface area contributed by atoms with E-state index in [1.807, 2.05) is 0 Å². The maximum atomic E-state index is 16.0. The van der Waals surface area contributed by atoms with E-state index >= 15 is 4.39 Å². The van der Waals surface area contributed by atoms with E-state index in [4.69, 9.17) is 63.1 Å². The van der Waals surface area contributed by atoms with Gasteiger partial charge in [-0.15, -0.1) is 0 Å². The zero-order chi connectivity index (χ0) is 31.0. The fourth-order valence-electron chi connectivity index (χ4n) is 5.18. The Morgan fingerprint density at radius 3 is 2.09 bits per heavy atom. The number of aromatic nitrogens is 8. The summed E-state index contributed by atoms with van der Waals surface area (Å²) >= 11 is 10.3. The van der Waals surface area contributed by atoms with Gasteiger partial charge >= 0.3 is 6.72 Å². The van der Waals surface area contributed by atoms with E-state index in [-0.39, 0.29) is 34.0 Å². The van der Waals surface area contributed by atoms with Gasteiger partial charge in [-0.1, -0.05) is 0 Å². The van der Waals surface area contributed by atoms with Gasteiger partial charge in [0, 0.05) is 0 Å². The molecule has 19 nitrogen and oxygen atoms in total. The number of aliphatic hydroxyl groups excluding tert-OH is 1. The van der Waals surface area contributed by atoms with Crippen molar-refractivity contribution in [1.29, 1.82) is 0 Å². The van der Waals surface area contributed by atoms with Crippen molar-refractivity contribution in [3.63, 3.8) is 0 Å². The number of hydrogen-bond donors (Lipinski definition) is 4. The van der Waals surface area contributed by atoms with E-state index < -0.39 is 75.9 Å². The lowest BCUT2D eigenvalue weighted by Crippen LogP contribution is -2.35. The Balaban J connectivity index is 1.20. The van der Waals surface area contributed by atoms with Crippen LogP contribution in [0.25, 0.3) is 22.3 Å². The van der Waals surface area contributed by atoms with Crippen molar-refractivity contribution >= 4 is 71.5 Å². The minimum absolute atomic E-state index is 0.0599. The predicted octanol–water partition coefficient (Wildman–Crippen LogP) is 0.0134. The van der Waals surface area contributed by atoms with Gasteiger partial charge in [-0.3, -0.25) is 18.2 Å². The summed E-state index contributed by atoms with van der Waals surface area (Å²) in [6, 6.07) is 0. The first-order valence-corrected chi connectivity index (χ1v) is 17.9. The molecule has 0 amide bonds. The zero-order valence-corrected chi connectivity index (χ0v) is 25.3. The van der Waals surface area contributed by atoms with Crippen molar-refractivity contribution in [1.82, 2.24) is 39.0 Å². The molecule has 0 aliphatic carbocycles. The Labute approximate surface area is 256 Å². The van der Waals surface area contributed by atoms with Crippen LogP contribution in [0.2, 0.25) is 0 Å². The summed E-state index contributed by atoms with van der Waals surface area (Å²) in [5.74, 6) is 0.141. The molecule has 3 saturated heterocycles. The number of hydrogen-bond acceptors (Lipinski definition) is 18. The molecule has 10 atom stereocenters. The zero-order valence-electron chi connectivity index (χ0n) is 21.9. The molecular weight excluding hydrogens is 669 g/mol. The first-order valence-electron chi connectivity index (χ1n) is 12.7. The Kier molecular flexibility index (Phi) is 7.63. The first kappa shape index (κ1) is 30.2. The van der Waals surface area contributed by atoms with Crippen LogP contribution in [-0.4, -0.2) is 98.9 Å². The largest absolute Gasteiger partial charge is 0.660 e. The van der Waals surface area contributed by atoms with Crippen LogP contribution in [0.1, 0.15) is 12.5 Å². The highest BCUT2D eigenvalue weighted by molar-refractivity contribution is 8.32. The Hall–Kier alpha value is -2.46. The summed E-state index contributed by atoms with van der Waals surface area (Å²) in [6.45, 7) is -9.87. The number of fused-ring (bicyclic) bond motifs is 5. The van der Waals surface area contributed by atoms with Crippen molar-refractivity contribution in [2.45, 2.75) is 49.1 Å². The molecule has 7 heterocycles. The number of nitrogens with zero attached hydrogens (tertiary/aromatic N) is 8. The van der Waals surface area contributed by atoms with Crippen LogP contribution in [0.3, 0.4) is 0 Å². The van der Waals surface area contributed by atoms with E-state index in [1.54, 1.807) is 0 Å². The number of alkyl halides is 1. The highest BCUT2D eigenvalue weighted by atomic mass is 32.7. The van der Waals surface area contributed by atoms with Crippen LogP contribution in [-0.2, 0) is 56.2 Å². The number of ether oxygens (including phenoxy) is 2. The molecule has 0 aromatic carbocycles. The molecule has 24 heteroatoms. The number of halogens is 1. The van der Waals surface area contributed by atoms with Gasteiger partial charge in [0.2, 0.25) is 6.80 Å². The molecule has 2 bridgehead atoms. The number of nitrogens with two attached hydrogens (primary N) is 2. The first-order chi connectivity index (χ1) is 20.9. The predicted molar refractivity (Wildman–Crippen MR) is 151 cm³/mol. The van der Waals surface area contributed by atoms with Crippen LogP contribution in [0, 0.1) is 0 Å². The summed E-state index contributed by atoms with van der Waals surface area (Å²) in [7, 11) is 0. The lowest BCUT2D eigenvalue weighted by molar-refractivity contribution is -0.0584. The van der Waals surface area contributed by atoms with Gasteiger partial charge in [0.15, 0.2) is 41.6 Å². The molecule has 4 aromatic heterocycles. The quantitative estimate of drug-likeness (QED) is 0.160. The molecule has 4 aromatic rings. The van der Waals surface area contributed by atoms with Crippen LogP contribution >= 0.6 is 13.5 Å². The maximum Gasteiger partial charge on any atom is 0.325 e. The van der Waals surface area contributed by atoms with Crippen molar-refractivity contribution in [3.05, 3.63) is 25.3 Å². The van der Waals surface area contributed by atoms with Gasteiger partial charge in [-0.05, 0) is 11.8 Å². The van der Waals surface area contributed by atoms with Crippen LogP contribution < -0.4 is 11.5 Å². The van der Waals surface area contributed by atoms with Gasteiger partial charge in [0.25, 0.3) is 0 Å². The summed E-state index contributed by atoms with van der Waals surface area (Å²) in [5.41, 5.74) is 12.5. The average molecular weight is 692 g/mol. The molecule has 3 aliphatic rings. The molecule has 4 unspecified atom stereocenters. The summed E-state index contributed by atoms with van der Waals surface area (Å²) in [5, 5.41) is 11.1. The third-order valence-corrected chi connectivity index (χ3v) is 10.3. The third kappa shape index (κ3) is 5.27. The summed E-state index contributed by atoms with van der Waals surface area (Å²) < 4.78 is 66.0. The monoisotopic (exact) mass is 691 g/mol. The van der Waals surface area contributed by atoms with Gasteiger partial charge in [-0.2, -0.15) is 0 Å². The smallest absolute Gasteiger partial charge is 0.325 e. The second-order valence-corrected chi connectivity index (χ2v) is 15.4. The van der Waals surface area contributed by atoms with Gasteiger partial charge < -0.3 is 56.8 Å². The standard InChI is InChI=1S/C20H23FN10O9P2S2/c21-9-13-8(38-19(9)30-5-28-10-15(22)24-3-26-17(10)30)2-36-42(34,44)40-14-12(32)7(1-35-41(33,43)39-13)37-20(14)31-6-29-11-16(23)25-4-27-18(11)31/h3-9,12-14,19-20,32H,1-2H2,(H,33,43)(H,34,44)(H2,22,24,26)(H2,23,25,27)/p-1/t7-,8-,9+,12+,13?,14?,19-,20-,41?,42?/m1/s1. The minimum Gasteiger partial charge on any atom is -0.660 e. The maximum absolute atomic E-state index is 16.0. The van der Waals surface area contributed by atoms with E-state index in [0.717, 1.165) is 0 Å². The number of nitrogen functional groups attached to an aromatic ring is 2. The fraction of sp³-hybridized carbons (Fsp3) is 0.500. The molecule has 0 spiro atoms. The molecule has 3 aliphatic heterocycles. The van der Waals surface area contributed by atoms with E-state index in [0.29, 0.717) is 0 Å². The third-order valence-electron chi connectivity index (χ3n) is 7.21. The molecule has 7 rings (SSSR count). The molecular formula is C20H22FN10O9P2S2-. The second kappa shape index (κ2) is 11.1. The normalized spacial score (nSPS) is 38.3. The Morgan fingerprint density at radius 1 is 0.886 bits per heavy atom. The number of rotatable bonds is 2. The average Bonchev–Trinajstić information content (AvgIpc) is 3.73. The van der Waals surface area contributed by atoms with Crippen molar-refractivity contribution in [3.8, 4) is 0 Å². The minimum atomic E-state index is -4.45. The van der Waals surface area contributed by atoms with Gasteiger partial charge in [0.1, 0.15) is 54.2 Å². The highest BCUT2D eigenvalue weighted by Crippen LogP contribution is 2.55. The Morgan fingerprint density at radius 2 is 1.45 bits per heavy atom. The molecule has 6 N–H and O–H groups in total. The van der Waals surface area contributed by atoms with Crippen molar-refractivity contribution < 1.29 is 46.5 Å². The molecule has 236 valence electrons. The SMILES string of the molecule is Nc1ncnc2c1ncn2[C@@H]1O[C@@H]2COP(O)(=S)OC3[C@@H](COP(=O)([S-])OC1[C@H]2O)O[C@@H](n1cnc2c(N)ncnc21)[C@H]3F. The number of imidazole rings is 2. The lowest BCUT2D eigenvalue weighted by atomic mass is 10.1. The number of aliphatic hydroxyl groups is 1. The van der Waals surface area contributed by atoms with Crippen molar-refractivity contribution in [2.75, 3.05) is 24.7 Å². The van der Waals surface area contributed by atoms with Crippen molar-refractivity contribution in [2.24, 2.45) is 0 Å². The second-order valence-electron chi connectivity index (χ2n) is 9.88. The molecule has 0 saturated carbocycles. The lowest BCUT2D eigenvalue weighted by Gasteiger charge is -2.32. The number of anilines is 2. The van der Waals surface area contributed by atoms with Gasteiger partial charge in [0.05, 0.1) is 25.9 Å². The van der Waals surface area contributed by atoms with Crippen LogP contribution in [0.15, 0.2) is 25.3 Å². The molecule has 44 heavy (non-hydrogen) atoms.